The van der Waals surface area contributed by atoms with Crippen LogP contribution in [0.25, 0.3) is 10.2 Å². The number of hydrazine groups is 1. The van der Waals surface area contributed by atoms with Gasteiger partial charge in [-0.05, 0) is 32.4 Å². The van der Waals surface area contributed by atoms with Gasteiger partial charge in [0, 0.05) is 11.4 Å². The smallest absolute Gasteiger partial charge is 0.152 e. The summed E-state index contributed by atoms with van der Waals surface area (Å²) in [5.41, 5.74) is 3.94. The average Bonchev–Trinajstić information content (AvgIpc) is 2.72. The summed E-state index contributed by atoms with van der Waals surface area (Å²) in [5, 5.41) is 1.05. The van der Waals surface area contributed by atoms with Crippen molar-refractivity contribution in [2.75, 3.05) is 19.0 Å². The van der Waals surface area contributed by atoms with E-state index in [9.17, 15) is 0 Å². The molecule has 1 atom stereocenters. The van der Waals surface area contributed by atoms with Gasteiger partial charge in [0.25, 0.3) is 0 Å². The Labute approximate surface area is 130 Å². The molecule has 2 aromatic rings. The molecule has 3 N–H and O–H groups in total. The van der Waals surface area contributed by atoms with Crippen LogP contribution in [0.15, 0.2) is 0 Å². The van der Waals surface area contributed by atoms with E-state index >= 15 is 0 Å². The molecular weight excluding hydrogens is 282 g/mol. The van der Waals surface area contributed by atoms with Gasteiger partial charge in [-0.2, -0.15) is 0 Å². The first kappa shape index (κ1) is 16.1. The molecule has 0 fully saturated rings. The minimum Gasteiger partial charge on any atom is -0.308 e. The first-order valence-corrected chi connectivity index (χ1v) is 8.19. The minimum atomic E-state index is 0.678. The summed E-state index contributed by atoms with van der Waals surface area (Å²) >= 11 is 1.70. The van der Waals surface area contributed by atoms with Gasteiger partial charge in [-0.25, -0.2) is 15.8 Å². The van der Waals surface area contributed by atoms with Crippen LogP contribution in [-0.4, -0.2) is 28.5 Å². The van der Waals surface area contributed by atoms with Crippen LogP contribution in [0.5, 0.6) is 0 Å². The number of hydrogen-bond acceptors (Lipinski definition) is 6. The monoisotopic (exact) mass is 307 g/mol. The number of nitrogen functional groups attached to an aromatic ring is 1. The van der Waals surface area contributed by atoms with Crippen LogP contribution >= 0.6 is 11.3 Å². The standard InChI is InChI=1S/C15H25N5S/c1-6-9(2)7-20(5)8-12-17-14(19-16)13-10(3)11(4)21-15(13)18-12/h9H,6-8,16H2,1-5H3,(H,17,18,19). The average molecular weight is 307 g/mol. The molecular formula is C15H25N5S. The summed E-state index contributed by atoms with van der Waals surface area (Å²) in [7, 11) is 2.11. The lowest BCUT2D eigenvalue weighted by atomic mass is 10.1. The van der Waals surface area contributed by atoms with Crippen molar-refractivity contribution in [3.8, 4) is 0 Å². The molecule has 0 radical (unpaired) electrons. The fourth-order valence-electron chi connectivity index (χ4n) is 2.44. The van der Waals surface area contributed by atoms with E-state index in [0.717, 1.165) is 34.9 Å². The molecule has 0 spiro atoms. The van der Waals surface area contributed by atoms with Crippen LogP contribution in [0, 0.1) is 19.8 Å². The van der Waals surface area contributed by atoms with E-state index < -0.39 is 0 Å². The zero-order valence-electron chi connectivity index (χ0n) is 13.5. The molecule has 0 aromatic carbocycles. The quantitative estimate of drug-likeness (QED) is 0.634. The first-order chi connectivity index (χ1) is 9.96. The van der Waals surface area contributed by atoms with E-state index in [1.165, 1.54) is 16.9 Å². The normalized spacial score (nSPS) is 13.1. The Balaban J connectivity index is 2.29. The Hall–Kier alpha value is -1.24. The van der Waals surface area contributed by atoms with Gasteiger partial charge in [0.05, 0.1) is 11.9 Å². The molecule has 2 aromatic heterocycles. The van der Waals surface area contributed by atoms with Gasteiger partial charge in [0.1, 0.15) is 10.7 Å². The van der Waals surface area contributed by atoms with Crippen LogP contribution in [-0.2, 0) is 6.54 Å². The second-order valence-electron chi connectivity index (χ2n) is 5.81. The molecule has 5 nitrogen and oxygen atoms in total. The van der Waals surface area contributed by atoms with Crippen LogP contribution < -0.4 is 11.3 Å². The molecule has 0 aliphatic rings. The number of aromatic nitrogens is 2. The highest BCUT2D eigenvalue weighted by molar-refractivity contribution is 7.18. The molecule has 2 heterocycles. The highest BCUT2D eigenvalue weighted by atomic mass is 32.1. The van der Waals surface area contributed by atoms with E-state index in [1.54, 1.807) is 11.3 Å². The summed E-state index contributed by atoms with van der Waals surface area (Å²) in [6, 6.07) is 0. The molecule has 0 aliphatic heterocycles. The summed E-state index contributed by atoms with van der Waals surface area (Å²) in [6.45, 7) is 10.5. The van der Waals surface area contributed by atoms with Crippen LogP contribution in [0.3, 0.4) is 0 Å². The number of anilines is 1. The molecule has 0 saturated carbocycles. The lowest BCUT2D eigenvalue weighted by Gasteiger charge is -2.19. The topological polar surface area (TPSA) is 67.1 Å². The van der Waals surface area contributed by atoms with Crippen molar-refractivity contribution in [1.29, 1.82) is 0 Å². The van der Waals surface area contributed by atoms with Gasteiger partial charge >= 0.3 is 0 Å². The molecule has 0 amide bonds. The van der Waals surface area contributed by atoms with Gasteiger partial charge in [0.15, 0.2) is 5.82 Å². The zero-order chi connectivity index (χ0) is 15.6. The van der Waals surface area contributed by atoms with E-state index in [1.807, 2.05) is 0 Å². The number of rotatable bonds is 6. The highest BCUT2D eigenvalue weighted by Crippen LogP contribution is 2.32. The van der Waals surface area contributed by atoms with Crippen molar-refractivity contribution in [1.82, 2.24) is 14.9 Å². The number of hydrogen-bond donors (Lipinski definition) is 2. The molecule has 0 aliphatic carbocycles. The van der Waals surface area contributed by atoms with Crippen molar-refractivity contribution >= 4 is 27.4 Å². The van der Waals surface area contributed by atoms with Crippen molar-refractivity contribution in [2.24, 2.45) is 11.8 Å². The maximum absolute atomic E-state index is 5.65. The second kappa shape index (κ2) is 6.68. The summed E-state index contributed by atoms with van der Waals surface area (Å²) in [6.07, 6.45) is 1.18. The molecule has 6 heteroatoms. The predicted octanol–water partition coefficient (Wildman–Crippen LogP) is 3.07. The summed E-state index contributed by atoms with van der Waals surface area (Å²) in [5.74, 6) is 7.88. The molecule has 1 unspecified atom stereocenters. The van der Waals surface area contributed by atoms with E-state index in [4.69, 9.17) is 10.8 Å². The Morgan fingerprint density at radius 1 is 1.33 bits per heavy atom. The third-order valence-electron chi connectivity index (χ3n) is 3.94. The van der Waals surface area contributed by atoms with Crippen molar-refractivity contribution in [3.63, 3.8) is 0 Å². The van der Waals surface area contributed by atoms with Gasteiger partial charge in [-0.1, -0.05) is 20.3 Å². The van der Waals surface area contributed by atoms with Crippen LogP contribution in [0.1, 0.15) is 36.5 Å². The Kier molecular flexibility index (Phi) is 5.13. The fraction of sp³-hybridized carbons (Fsp3) is 0.600. The van der Waals surface area contributed by atoms with Crippen molar-refractivity contribution in [3.05, 3.63) is 16.3 Å². The van der Waals surface area contributed by atoms with E-state index in [2.05, 4.69) is 50.1 Å². The Morgan fingerprint density at radius 3 is 2.67 bits per heavy atom. The molecule has 0 saturated heterocycles. The van der Waals surface area contributed by atoms with Gasteiger partial charge in [0.2, 0.25) is 0 Å². The number of aryl methyl sites for hydroxylation is 2. The van der Waals surface area contributed by atoms with Gasteiger partial charge in [-0.3, -0.25) is 4.90 Å². The number of nitrogens with zero attached hydrogens (tertiary/aromatic N) is 3. The maximum atomic E-state index is 5.65. The minimum absolute atomic E-state index is 0.678. The molecule has 2 rings (SSSR count). The van der Waals surface area contributed by atoms with Crippen molar-refractivity contribution < 1.29 is 0 Å². The third kappa shape index (κ3) is 3.51. The number of nitrogens with one attached hydrogen (secondary N) is 1. The number of fused-ring (bicyclic) bond motifs is 1. The Morgan fingerprint density at radius 2 is 2.05 bits per heavy atom. The predicted molar refractivity (Wildman–Crippen MR) is 90.5 cm³/mol. The van der Waals surface area contributed by atoms with Crippen LogP contribution in [0.4, 0.5) is 5.82 Å². The number of nitrogens with two attached hydrogens (primary N) is 1. The molecule has 0 bridgehead atoms. The largest absolute Gasteiger partial charge is 0.308 e. The lowest BCUT2D eigenvalue weighted by Crippen LogP contribution is -2.25. The third-order valence-corrected chi connectivity index (χ3v) is 5.04. The van der Waals surface area contributed by atoms with Crippen molar-refractivity contribution in [2.45, 2.75) is 40.7 Å². The second-order valence-corrected chi connectivity index (χ2v) is 7.01. The number of thiophene rings is 1. The van der Waals surface area contributed by atoms with Crippen LogP contribution in [0.2, 0.25) is 0 Å². The summed E-state index contributed by atoms with van der Waals surface area (Å²) < 4.78 is 0. The van der Waals surface area contributed by atoms with Gasteiger partial charge in [-0.15, -0.1) is 11.3 Å². The maximum Gasteiger partial charge on any atom is 0.152 e. The summed E-state index contributed by atoms with van der Waals surface area (Å²) in [4.78, 5) is 13.8. The van der Waals surface area contributed by atoms with E-state index in [0.29, 0.717) is 5.92 Å². The molecule has 21 heavy (non-hydrogen) atoms. The first-order valence-electron chi connectivity index (χ1n) is 7.38. The van der Waals surface area contributed by atoms with E-state index in [-0.39, 0.29) is 0 Å². The SMILES string of the molecule is CCC(C)CN(C)Cc1nc(NN)c2c(C)c(C)sc2n1. The zero-order valence-corrected chi connectivity index (χ0v) is 14.3. The lowest BCUT2D eigenvalue weighted by molar-refractivity contribution is 0.270. The Bertz CT molecular complexity index is 622. The molecule has 116 valence electrons. The highest BCUT2D eigenvalue weighted by Gasteiger charge is 2.15. The fourth-order valence-corrected chi connectivity index (χ4v) is 3.48. The van der Waals surface area contributed by atoms with Gasteiger partial charge < -0.3 is 5.43 Å².